The molecular weight excluding hydrogens is 248 g/mol. The maximum absolute atomic E-state index is 11.5. The lowest BCUT2D eigenvalue weighted by Gasteiger charge is -2.02. The van der Waals surface area contributed by atoms with Crippen molar-refractivity contribution in [1.82, 2.24) is 9.78 Å². The molecule has 0 aliphatic heterocycles. The third kappa shape index (κ3) is 2.42. The zero-order chi connectivity index (χ0) is 14.2. The minimum atomic E-state index is -1.11. The van der Waals surface area contributed by atoms with Crippen LogP contribution in [-0.2, 0) is 6.54 Å². The standard InChI is InChI=1S/C13H14N2O4/c1-7-12(9(3)16)8(2)15(14-7)6-10-4-5-11(19-10)13(17)18/h4-5H,6H2,1-3H3,(H,17,18). The van der Waals surface area contributed by atoms with Crippen molar-refractivity contribution in [2.45, 2.75) is 27.3 Å². The maximum atomic E-state index is 11.5. The number of carbonyl (C=O) groups is 2. The zero-order valence-electron chi connectivity index (χ0n) is 10.9. The van der Waals surface area contributed by atoms with Gasteiger partial charge in [0.1, 0.15) is 5.76 Å². The number of aromatic nitrogens is 2. The summed E-state index contributed by atoms with van der Waals surface area (Å²) in [6, 6.07) is 2.99. The second kappa shape index (κ2) is 4.72. The number of nitrogens with zero attached hydrogens (tertiary/aromatic N) is 2. The van der Waals surface area contributed by atoms with E-state index in [0.717, 1.165) is 5.69 Å². The molecule has 2 aromatic heterocycles. The van der Waals surface area contributed by atoms with E-state index in [4.69, 9.17) is 9.52 Å². The predicted octanol–water partition coefficient (Wildman–Crippen LogP) is 2.04. The van der Waals surface area contributed by atoms with Crippen molar-refractivity contribution in [1.29, 1.82) is 0 Å². The Bertz CT molecular complexity index is 652. The van der Waals surface area contributed by atoms with E-state index in [1.54, 1.807) is 24.6 Å². The molecule has 2 aromatic rings. The summed E-state index contributed by atoms with van der Waals surface area (Å²) in [6.45, 7) is 5.37. The molecule has 0 saturated heterocycles. The van der Waals surface area contributed by atoms with E-state index in [1.807, 2.05) is 0 Å². The Hall–Kier alpha value is -2.37. The first-order valence-corrected chi connectivity index (χ1v) is 5.77. The fourth-order valence-corrected chi connectivity index (χ4v) is 2.09. The first-order chi connectivity index (χ1) is 8.90. The average Bonchev–Trinajstić information content (AvgIpc) is 2.85. The Kier molecular flexibility index (Phi) is 3.25. The van der Waals surface area contributed by atoms with Gasteiger partial charge in [0, 0.05) is 5.69 Å². The molecular formula is C13H14N2O4. The van der Waals surface area contributed by atoms with Gasteiger partial charge in [0.25, 0.3) is 0 Å². The molecule has 100 valence electrons. The highest BCUT2D eigenvalue weighted by Gasteiger charge is 2.16. The quantitative estimate of drug-likeness (QED) is 0.852. The van der Waals surface area contributed by atoms with E-state index in [2.05, 4.69) is 5.10 Å². The summed E-state index contributed by atoms with van der Waals surface area (Å²) in [5.74, 6) is -0.766. The summed E-state index contributed by atoms with van der Waals surface area (Å²) < 4.78 is 6.80. The molecule has 19 heavy (non-hydrogen) atoms. The number of furan rings is 1. The molecule has 0 atom stereocenters. The highest BCUT2D eigenvalue weighted by atomic mass is 16.4. The number of hydrogen-bond acceptors (Lipinski definition) is 4. The van der Waals surface area contributed by atoms with Crippen LogP contribution in [0.5, 0.6) is 0 Å². The molecule has 0 bridgehead atoms. The normalized spacial score (nSPS) is 10.7. The smallest absolute Gasteiger partial charge is 0.371 e. The Balaban J connectivity index is 2.31. The molecule has 0 aliphatic carbocycles. The summed E-state index contributed by atoms with van der Waals surface area (Å²) in [7, 11) is 0. The fraction of sp³-hybridized carbons (Fsp3) is 0.308. The molecule has 0 spiro atoms. The maximum Gasteiger partial charge on any atom is 0.371 e. The van der Waals surface area contributed by atoms with E-state index in [0.29, 0.717) is 23.6 Å². The number of hydrogen-bond donors (Lipinski definition) is 1. The summed E-state index contributed by atoms with van der Waals surface area (Å²) in [6.07, 6.45) is 0. The lowest BCUT2D eigenvalue weighted by Crippen LogP contribution is -2.04. The van der Waals surface area contributed by atoms with Gasteiger partial charge in [0.2, 0.25) is 5.76 Å². The number of carboxylic acids is 1. The number of Topliss-reactive ketones (excluding diaryl/α,β-unsaturated/α-hetero) is 1. The number of carbonyl (C=O) groups excluding carboxylic acids is 1. The van der Waals surface area contributed by atoms with Crippen LogP contribution < -0.4 is 0 Å². The van der Waals surface area contributed by atoms with Crippen LogP contribution in [0.15, 0.2) is 16.5 Å². The van der Waals surface area contributed by atoms with Crippen LogP contribution in [-0.4, -0.2) is 26.6 Å². The molecule has 6 nitrogen and oxygen atoms in total. The van der Waals surface area contributed by atoms with E-state index in [9.17, 15) is 9.59 Å². The van der Waals surface area contributed by atoms with Gasteiger partial charge in [-0.1, -0.05) is 0 Å². The van der Waals surface area contributed by atoms with Gasteiger partial charge in [0.05, 0.1) is 17.8 Å². The largest absolute Gasteiger partial charge is 0.475 e. The van der Waals surface area contributed by atoms with Crippen molar-refractivity contribution in [3.8, 4) is 0 Å². The summed E-state index contributed by atoms with van der Waals surface area (Å²) >= 11 is 0. The molecule has 1 N–H and O–H groups in total. The first kappa shape index (κ1) is 13.1. The molecule has 0 fully saturated rings. The van der Waals surface area contributed by atoms with Crippen LogP contribution in [0.1, 0.15) is 45.0 Å². The molecule has 2 rings (SSSR count). The highest BCUT2D eigenvalue weighted by Crippen LogP contribution is 2.16. The fourth-order valence-electron chi connectivity index (χ4n) is 2.09. The van der Waals surface area contributed by atoms with E-state index >= 15 is 0 Å². The highest BCUT2D eigenvalue weighted by molar-refractivity contribution is 5.96. The molecule has 0 aromatic carbocycles. The molecule has 0 saturated carbocycles. The van der Waals surface area contributed by atoms with Gasteiger partial charge in [0.15, 0.2) is 5.78 Å². The predicted molar refractivity (Wildman–Crippen MR) is 66.5 cm³/mol. The van der Waals surface area contributed by atoms with E-state index in [1.165, 1.54) is 13.0 Å². The molecule has 0 unspecified atom stereocenters. The molecule has 0 amide bonds. The Labute approximate surface area is 109 Å². The van der Waals surface area contributed by atoms with Gasteiger partial charge in [-0.05, 0) is 32.9 Å². The van der Waals surface area contributed by atoms with Gasteiger partial charge in [-0.15, -0.1) is 0 Å². The van der Waals surface area contributed by atoms with Crippen molar-refractivity contribution in [3.63, 3.8) is 0 Å². The monoisotopic (exact) mass is 262 g/mol. The van der Waals surface area contributed by atoms with Gasteiger partial charge in [-0.2, -0.15) is 5.10 Å². The Morgan fingerprint density at radius 2 is 2.05 bits per heavy atom. The summed E-state index contributed by atoms with van der Waals surface area (Å²) in [5, 5.41) is 13.0. The van der Waals surface area contributed by atoms with Crippen molar-refractivity contribution in [2.24, 2.45) is 0 Å². The van der Waals surface area contributed by atoms with Crippen LogP contribution >= 0.6 is 0 Å². The third-order valence-corrected chi connectivity index (χ3v) is 2.91. The van der Waals surface area contributed by atoms with Crippen molar-refractivity contribution < 1.29 is 19.1 Å². The van der Waals surface area contributed by atoms with Crippen LogP contribution in [0.2, 0.25) is 0 Å². The second-order valence-electron chi connectivity index (χ2n) is 4.33. The molecule has 6 heteroatoms. The minimum absolute atomic E-state index is 0.0353. The van der Waals surface area contributed by atoms with Gasteiger partial charge >= 0.3 is 5.97 Å². The number of aryl methyl sites for hydroxylation is 1. The van der Waals surface area contributed by atoms with Crippen LogP contribution in [0.25, 0.3) is 0 Å². The van der Waals surface area contributed by atoms with Gasteiger partial charge in [-0.25, -0.2) is 4.79 Å². The van der Waals surface area contributed by atoms with E-state index in [-0.39, 0.29) is 11.5 Å². The third-order valence-electron chi connectivity index (χ3n) is 2.91. The number of ketones is 1. The molecule has 2 heterocycles. The molecule has 0 aliphatic rings. The Morgan fingerprint density at radius 1 is 1.37 bits per heavy atom. The summed E-state index contributed by atoms with van der Waals surface area (Å²) in [5.41, 5.74) is 2.01. The second-order valence-corrected chi connectivity index (χ2v) is 4.33. The van der Waals surface area contributed by atoms with Crippen molar-refractivity contribution in [2.75, 3.05) is 0 Å². The number of rotatable bonds is 4. The average molecular weight is 262 g/mol. The zero-order valence-corrected chi connectivity index (χ0v) is 10.9. The van der Waals surface area contributed by atoms with Crippen LogP contribution in [0.3, 0.4) is 0 Å². The van der Waals surface area contributed by atoms with Crippen LogP contribution in [0.4, 0.5) is 0 Å². The molecule has 0 radical (unpaired) electrons. The first-order valence-electron chi connectivity index (χ1n) is 5.77. The van der Waals surface area contributed by atoms with Gasteiger partial charge < -0.3 is 9.52 Å². The number of carboxylic acid groups (broad SMARTS) is 1. The summed E-state index contributed by atoms with van der Waals surface area (Å²) in [4.78, 5) is 22.2. The lowest BCUT2D eigenvalue weighted by molar-refractivity contribution is 0.0660. The van der Waals surface area contributed by atoms with Gasteiger partial charge in [-0.3, -0.25) is 9.48 Å². The Morgan fingerprint density at radius 3 is 2.53 bits per heavy atom. The van der Waals surface area contributed by atoms with E-state index < -0.39 is 5.97 Å². The lowest BCUT2D eigenvalue weighted by atomic mass is 10.1. The minimum Gasteiger partial charge on any atom is -0.475 e. The van der Waals surface area contributed by atoms with Crippen molar-refractivity contribution in [3.05, 3.63) is 40.6 Å². The topological polar surface area (TPSA) is 85.3 Å². The van der Waals surface area contributed by atoms with Crippen molar-refractivity contribution >= 4 is 11.8 Å². The van der Waals surface area contributed by atoms with Crippen LogP contribution in [0, 0.1) is 13.8 Å². The number of aromatic carboxylic acids is 1. The SMILES string of the molecule is CC(=O)c1c(C)nn(Cc2ccc(C(=O)O)o2)c1C.